The molecule has 1 aromatic carbocycles. The molecular formula is C19H30N2O3S. The van der Waals surface area contributed by atoms with Crippen molar-refractivity contribution in [2.45, 2.75) is 45.6 Å². The highest BCUT2D eigenvalue weighted by Crippen LogP contribution is 2.23. The maximum Gasteiger partial charge on any atom is 0.237 e. The fourth-order valence-electron chi connectivity index (χ4n) is 3.41. The lowest BCUT2D eigenvalue weighted by Gasteiger charge is -2.37. The minimum atomic E-state index is -3.42. The van der Waals surface area contributed by atoms with Gasteiger partial charge in [0.15, 0.2) is 0 Å². The number of piperidine rings is 1. The molecule has 0 aromatic heterocycles. The van der Waals surface area contributed by atoms with Gasteiger partial charge in [-0.25, -0.2) is 8.42 Å². The van der Waals surface area contributed by atoms with Crippen LogP contribution in [-0.4, -0.2) is 55.0 Å². The minimum Gasteiger partial charge on any atom is -0.342 e. The predicted octanol–water partition coefficient (Wildman–Crippen LogP) is 2.53. The molecule has 6 heteroatoms. The van der Waals surface area contributed by atoms with E-state index in [-0.39, 0.29) is 12.5 Å². The van der Waals surface area contributed by atoms with Crippen LogP contribution in [0, 0.1) is 5.92 Å². The maximum absolute atomic E-state index is 12.6. The zero-order valence-corrected chi connectivity index (χ0v) is 16.6. The highest BCUT2D eigenvalue weighted by atomic mass is 32.2. The van der Waals surface area contributed by atoms with E-state index < -0.39 is 15.6 Å². The Balaban J connectivity index is 1.90. The molecule has 0 spiro atoms. The number of amides is 1. The maximum atomic E-state index is 12.6. The van der Waals surface area contributed by atoms with Gasteiger partial charge in [-0.3, -0.25) is 4.79 Å². The molecule has 1 amide bonds. The largest absolute Gasteiger partial charge is 0.342 e. The first kappa shape index (κ1) is 19.9. The minimum absolute atomic E-state index is 0.0777. The summed E-state index contributed by atoms with van der Waals surface area (Å²) in [6.45, 7) is 6.77. The first-order valence-electron chi connectivity index (χ1n) is 8.87. The van der Waals surface area contributed by atoms with Crippen molar-refractivity contribution < 1.29 is 13.2 Å². The van der Waals surface area contributed by atoms with E-state index >= 15 is 0 Å². The average molecular weight is 367 g/mol. The van der Waals surface area contributed by atoms with Crippen LogP contribution in [0.15, 0.2) is 30.3 Å². The Morgan fingerprint density at radius 2 is 1.72 bits per heavy atom. The molecule has 1 fully saturated rings. The number of hydrogen-bond donors (Lipinski definition) is 0. The molecule has 1 aliphatic rings. The molecule has 0 bridgehead atoms. The summed E-state index contributed by atoms with van der Waals surface area (Å²) in [5, 5.41) is 0. The molecular weight excluding hydrogens is 336 g/mol. The van der Waals surface area contributed by atoms with Crippen molar-refractivity contribution in [1.29, 1.82) is 0 Å². The SMILES string of the molecule is CC(C)(C)N(CC(=O)N1CCC(Cc2ccccc2)CC1)S(C)(=O)=O. The van der Waals surface area contributed by atoms with Crippen molar-refractivity contribution in [2.75, 3.05) is 25.9 Å². The molecule has 1 aromatic rings. The van der Waals surface area contributed by atoms with Gasteiger partial charge in [-0.15, -0.1) is 0 Å². The zero-order chi connectivity index (χ0) is 18.7. The van der Waals surface area contributed by atoms with E-state index in [9.17, 15) is 13.2 Å². The van der Waals surface area contributed by atoms with Gasteiger partial charge >= 0.3 is 0 Å². The third-order valence-corrected chi connectivity index (χ3v) is 6.24. The van der Waals surface area contributed by atoms with E-state index in [4.69, 9.17) is 0 Å². The fraction of sp³-hybridized carbons (Fsp3) is 0.632. The van der Waals surface area contributed by atoms with Crippen LogP contribution in [0.1, 0.15) is 39.2 Å². The summed E-state index contributed by atoms with van der Waals surface area (Å²) >= 11 is 0. The molecule has 0 radical (unpaired) electrons. The van der Waals surface area contributed by atoms with Crippen LogP contribution in [0.2, 0.25) is 0 Å². The summed E-state index contributed by atoms with van der Waals surface area (Å²) in [4.78, 5) is 14.4. The van der Waals surface area contributed by atoms with E-state index in [1.54, 1.807) is 0 Å². The third kappa shape index (κ3) is 5.82. The van der Waals surface area contributed by atoms with Crippen LogP contribution in [-0.2, 0) is 21.2 Å². The molecule has 2 rings (SSSR count). The molecule has 0 aliphatic carbocycles. The number of nitrogens with zero attached hydrogens (tertiary/aromatic N) is 2. The van der Waals surface area contributed by atoms with Crippen molar-refractivity contribution in [3.05, 3.63) is 35.9 Å². The second-order valence-corrected chi connectivity index (χ2v) is 9.86. The van der Waals surface area contributed by atoms with Gasteiger partial charge in [-0.2, -0.15) is 4.31 Å². The Bertz CT molecular complexity index is 672. The predicted molar refractivity (Wildman–Crippen MR) is 101 cm³/mol. The first-order valence-corrected chi connectivity index (χ1v) is 10.7. The lowest BCUT2D eigenvalue weighted by molar-refractivity contribution is -0.133. The van der Waals surface area contributed by atoms with Crippen LogP contribution >= 0.6 is 0 Å². The Hall–Kier alpha value is -1.40. The number of carbonyl (C=O) groups is 1. The van der Waals surface area contributed by atoms with Gasteiger partial charge < -0.3 is 4.90 Å². The second-order valence-electron chi connectivity index (χ2n) is 7.95. The van der Waals surface area contributed by atoms with E-state index in [1.165, 1.54) is 9.87 Å². The lowest BCUT2D eigenvalue weighted by atomic mass is 9.90. The first-order chi connectivity index (χ1) is 11.6. The van der Waals surface area contributed by atoms with E-state index in [0.29, 0.717) is 19.0 Å². The second kappa shape index (κ2) is 7.87. The van der Waals surface area contributed by atoms with Crippen molar-refractivity contribution in [1.82, 2.24) is 9.21 Å². The number of carbonyl (C=O) groups excluding carboxylic acids is 1. The molecule has 1 aliphatic heterocycles. The summed E-state index contributed by atoms with van der Waals surface area (Å²) in [6.07, 6.45) is 4.14. The fourth-order valence-corrected chi connectivity index (χ4v) is 4.75. The molecule has 5 nitrogen and oxygen atoms in total. The molecule has 25 heavy (non-hydrogen) atoms. The van der Waals surface area contributed by atoms with E-state index in [2.05, 4.69) is 24.3 Å². The van der Waals surface area contributed by atoms with E-state index in [0.717, 1.165) is 25.5 Å². The summed E-state index contributed by atoms with van der Waals surface area (Å²) in [7, 11) is -3.42. The normalized spacial score (nSPS) is 17.1. The van der Waals surface area contributed by atoms with Crippen molar-refractivity contribution in [2.24, 2.45) is 5.92 Å². The van der Waals surface area contributed by atoms with Crippen molar-refractivity contribution >= 4 is 15.9 Å². The summed E-state index contributed by atoms with van der Waals surface area (Å²) in [6, 6.07) is 10.4. The molecule has 140 valence electrons. The Labute approximate surface area is 152 Å². The summed E-state index contributed by atoms with van der Waals surface area (Å²) in [5.74, 6) is 0.485. The van der Waals surface area contributed by atoms with Gasteiger partial charge in [-0.05, 0) is 51.5 Å². The highest BCUT2D eigenvalue weighted by molar-refractivity contribution is 7.88. The standard InChI is InChI=1S/C19H30N2O3S/c1-19(2,3)21(25(4,23)24)15-18(22)20-12-10-17(11-13-20)14-16-8-6-5-7-9-16/h5-9,17H,10-15H2,1-4H3. The topological polar surface area (TPSA) is 57.7 Å². The molecule has 0 N–H and O–H groups in total. The number of benzene rings is 1. The number of rotatable bonds is 5. The third-order valence-electron chi connectivity index (χ3n) is 4.76. The van der Waals surface area contributed by atoms with Crippen LogP contribution in [0.4, 0.5) is 0 Å². The van der Waals surface area contributed by atoms with E-state index in [1.807, 2.05) is 31.7 Å². The smallest absolute Gasteiger partial charge is 0.237 e. The van der Waals surface area contributed by atoms with Crippen LogP contribution in [0.5, 0.6) is 0 Å². The quantitative estimate of drug-likeness (QED) is 0.805. The van der Waals surface area contributed by atoms with Gasteiger partial charge in [0.05, 0.1) is 12.8 Å². The van der Waals surface area contributed by atoms with Gasteiger partial charge in [0.2, 0.25) is 15.9 Å². The Morgan fingerprint density at radius 3 is 2.20 bits per heavy atom. The van der Waals surface area contributed by atoms with Gasteiger partial charge in [0.1, 0.15) is 0 Å². The molecule has 0 saturated carbocycles. The van der Waals surface area contributed by atoms with Gasteiger partial charge in [0, 0.05) is 18.6 Å². The van der Waals surface area contributed by atoms with Crippen molar-refractivity contribution in [3.8, 4) is 0 Å². The average Bonchev–Trinajstić information content (AvgIpc) is 2.52. The highest BCUT2D eigenvalue weighted by Gasteiger charge is 2.33. The number of hydrogen-bond acceptors (Lipinski definition) is 3. The van der Waals surface area contributed by atoms with Crippen LogP contribution < -0.4 is 0 Å². The molecule has 1 heterocycles. The monoisotopic (exact) mass is 366 g/mol. The lowest BCUT2D eigenvalue weighted by Crippen LogP contribution is -2.51. The molecule has 0 unspecified atom stereocenters. The Kier molecular flexibility index (Phi) is 6.27. The summed E-state index contributed by atoms with van der Waals surface area (Å²) < 4.78 is 25.3. The van der Waals surface area contributed by atoms with Crippen LogP contribution in [0.3, 0.4) is 0 Å². The molecule has 1 saturated heterocycles. The van der Waals surface area contributed by atoms with Crippen molar-refractivity contribution in [3.63, 3.8) is 0 Å². The van der Waals surface area contributed by atoms with Gasteiger partial charge in [0.25, 0.3) is 0 Å². The number of sulfonamides is 1. The molecule has 0 atom stereocenters. The van der Waals surface area contributed by atoms with Crippen LogP contribution in [0.25, 0.3) is 0 Å². The van der Waals surface area contributed by atoms with Gasteiger partial charge in [-0.1, -0.05) is 30.3 Å². The summed E-state index contributed by atoms with van der Waals surface area (Å²) in [5.41, 5.74) is 0.734. The number of likely N-dealkylation sites (tertiary alicyclic amines) is 1. The Morgan fingerprint density at radius 1 is 1.16 bits per heavy atom. The zero-order valence-electron chi connectivity index (χ0n) is 15.7.